The molecule has 0 amide bonds. The predicted octanol–water partition coefficient (Wildman–Crippen LogP) is 6.48. The quantitative estimate of drug-likeness (QED) is 0.435. The lowest BCUT2D eigenvalue weighted by Crippen LogP contribution is -2.18. The highest BCUT2D eigenvalue weighted by Gasteiger charge is 2.25. The summed E-state index contributed by atoms with van der Waals surface area (Å²) in [5.74, 6) is -0.554. The molecule has 0 unspecified atom stereocenters. The van der Waals surface area contributed by atoms with E-state index in [4.69, 9.17) is 11.6 Å². The van der Waals surface area contributed by atoms with Gasteiger partial charge >= 0.3 is 0 Å². The van der Waals surface area contributed by atoms with E-state index in [9.17, 15) is 18.0 Å². The summed E-state index contributed by atoms with van der Waals surface area (Å²) in [7, 11) is -4.00. The lowest BCUT2D eigenvalue weighted by atomic mass is 9.94. The third kappa shape index (κ3) is 5.89. The van der Waals surface area contributed by atoms with Gasteiger partial charge < -0.3 is 0 Å². The zero-order chi connectivity index (χ0) is 24.2. The normalized spacial score (nSPS) is 13.5. The van der Waals surface area contributed by atoms with Crippen molar-refractivity contribution in [2.45, 2.75) is 44.4 Å². The van der Waals surface area contributed by atoms with E-state index < -0.39 is 21.6 Å². The summed E-state index contributed by atoms with van der Waals surface area (Å²) in [6, 6.07) is 9.40. The molecule has 33 heavy (non-hydrogen) atoms. The van der Waals surface area contributed by atoms with Gasteiger partial charge in [0.2, 0.25) is 0 Å². The van der Waals surface area contributed by atoms with Gasteiger partial charge in [-0.2, -0.15) is 0 Å². The molecule has 172 valence electrons. The lowest BCUT2D eigenvalue weighted by molar-refractivity contribution is 0.0970. The zero-order valence-electron chi connectivity index (χ0n) is 18.8. The number of anilines is 1. The maximum absolute atomic E-state index is 13.3. The molecular formula is C26H26ClNO4S. The van der Waals surface area contributed by atoms with Gasteiger partial charge in [0, 0.05) is 12.0 Å². The van der Waals surface area contributed by atoms with Crippen molar-refractivity contribution in [3.05, 3.63) is 94.1 Å². The van der Waals surface area contributed by atoms with Crippen molar-refractivity contribution in [1.29, 1.82) is 0 Å². The van der Waals surface area contributed by atoms with Crippen LogP contribution in [0.15, 0.2) is 77.2 Å². The molecule has 2 aromatic rings. The first-order chi connectivity index (χ1) is 15.6. The molecule has 0 aliphatic heterocycles. The molecule has 3 rings (SSSR count). The summed E-state index contributed by atoms with van der Waals surface area (Å²) < 4.78 is 28.7. The van der Waals surface area contributed by atoms with Crippen LogP contribution >= 0.6 is 11.6 Å². The molecule has 0 spiro atoms. The first-order valence-electron chi connectivity index (χ1n) is 10.6. The Morgan fingerprint density at radius 1 is 1.03 bits per heavy atom. The van der Waals surface area contributed by atoms with Gasteiger partial charge in [-0.3, -0.25) is 14.3 Å². The molecule has 0 saturated carbocycles. The molecule has 0 aromatic heterocycles. The fourth-order valence-electron chi connectivity index (χ4n) is 3.56. The smallest absolute Gasteiger partial charge is 0.261 e. The minimum Gasteiger partial charge on any atom is -0.294 e. The average Bonchev–Trinajstić information content (AvgIpc) is 3.03. The Kier molecular flexibility index (Phi) is 7.72. The Balaban J connectivity index is 2.02. The third-order valence-electron chi connectivity index (χ3n) is 5.33. The first kappa shape index (κ1) is 24.7. The number of hydrogen-bond acceptors (Lipinski definition) is 4. The van der Waals surface area contributed by atoms with E-state index in [1.165, 1.54) is 31.2 Å². The number of carbonyl (C=O) groups is 2. The van der Waals surface area contributed by atoms with Crippen molar-refractivity contribution in [3.8, 4) is 0 Å². The fraction of sp³-hybridized carbons (Fsp3) is 0.231. The van der Waals surface area contributed by atoms with Crippen molar-refractivity contribution in [2.75, 3.05) is 4.72 Å². The Labute approximate surface area is 199 Å². The average molecular weight is 484 g/mol. The van der Waals surface area contributed by atoms with E-state index in [0.717, 1.165) is 11.1 Å². The van der Waals surface area contributed by atoms with E-state index in [0.29, 0.717) is 6.42 Å². The molecule has 0 atom stereocenters. The molecule has 0 bridgehead atoms. The lowest BCUT2D eigenvalue weighted by Gasteiger charge is -2.16. The second kappa shape index (κ2) is 10.3. The summed E-state index contributed by atoms with van der Waals surface area (Å²) in [4.78, 5) is 25.8. The van der Waals surface area contributed by atoms with E-state index >= 15 is 0 Å². The van der Waals surface area contributed by atoms with Crippen LogP contribution in [0.4, 0.5) is 5.69 Å². The highest BCUT2D eigenvalue weighted by atomic mass is 35.5. The van der Waals surface area contributed by atoms with Crippen LogP contribution in [-0.4, -0.2) is 20.0 Å². The molecule has 0 radical (unpaired) electrons. The van der Waals surface area contributed by atoms with Gasteiger partial charge in [0.15, 0.2) is 11.6 Å². The van der Waals surface area contributed by atoms with Gasteiger partial charge in [0.05, 0.1) is 21.2 Å². The predicted molar refractivity (Wildman–Crippen MR) is 133 cm³/mol. The molecule has 2 aromatic carbocycles. The zero-order valence-corrected chi connectivity index (χ0v) is 20.3. The van der Waals surface area contributed by atoms with Crippen LogP contribution in [0.2, 0.25) is 5.02 Å². The standard InChI is InChI=1S/C26H26ClNO4S/c1-17(2)20-10-12-21(13-11-20)33(31,32)28-23-15-14-22(27)25(18(3)29)26(23)24(30)16-19-8-6-4-5-7-9-19/h4-6,8-15,17,28H,7,16H2,1-3H3. The van der Waals surface area contributed by atoms with E-state index in [-0.39, 0.29) is 39.1 Å². The number of benzene rings is 2. The minimum absolute atomic E-state index is 0.00773. The number of Topliss-reactive ketones (excluding diaryl/α,β-unsaturated/α-hetero) is 2. The maximum Gasteiger partial charge on any atom is 0.261 e. The van der Waals surface area contributed by atoms with Gasteiger partial charge in [0.25, 0.3) is 10.0 Å². The molecule has 0 heterocycles. The first-order valence-corrected chi connectivity index (χ1v) is 12.5. The van der Waals surface area contributed by atoms with E-state index in [2.05, 4.69) is 4.72 Å². The number of rotatable bonds is 8. The van der Waals surface area contributed by atoms with Crippen LogP contribution in [0.3, 0.4) is 0 Å². The monoisotopic (exact) mass is 483 g/mol. The van der Waals surface area contributed by atoms with Crippen molar-refractivity contribution in [3.63, 3.8) is 0 Å². The van der Waals surface area contributed by atoms with Gasteiger partial charge in [-0.05, 0) is 54.7 Å². The SMILES string of the molecule is CC(=O)c1c(Cl)ccc(NS(=O)(=O)c2ccc(C(C)C)cc2)c1C(=O)CC1=CCC=CC=C1. The Morgan fingerprint density at radius 2 is 1.73 bits per heavy atom. The molecular weight excluding hydrogens is 458 g/mol. The topological polar surface area (TPSA) is 80.3 Å². The van der Waals surface area contributed by atoms with E-state index in [1.807, 2.05) is 44.2 Å². The Bertz CT molecular complexity index is 1270. The number of nitrogens with one attached hydrogen (secondary N) is 1. The molecule has 0 saturated heterocycles. The van der Waals surface area contributed by atoms with Gasteiger partial charge in [-0.1, -0.05) is 68.0 Å². The molecule has 1 aliphatic rings. The molecule has 0 fully saturated rings. The van der Waals surface area contributed by atoms with Crippen LogP contribution in [0.1, 0.15) is 65.8 Å². The molecule has 7 heteroatoms. The molecule has 1 N–H and O–H groups in total. The number of sulfonamides is 1. The number of carbonyl (C=O) groups excluding carboxylic acids is 2. The van der Waals surface area contributed by atoms with Crippen LogP contribution in [0.5, 0.6) is 0 Å². The summed E-state index contributed by atoms with van der Waals surface area (Å²) in [5, 5.41) is 0.0992. The summed E-state index contributed by atoms with van der Waals surface area (Å²) >= 11 is 6.26. The largest absolute Gasteiger partial charge is 0.294 e. The van der Waals surface area contributed by atoms with Crippen LogP contribution < -0.4 is 4.72 Å². The summed E-state index contributed by atoms with van der Waals surface area (Å²) in [6.45, 7) is 5.34. The van der Waals surface area contributed by atoms with Crippen LogP contribution in [0.25, 0.3) is 0 Å². The van der Waals surface area contributed by atoms with Crippen LogP contribution in [-0.2, 0) is 10.0 Å². The highest BCUT2D eigenvalue weighted by Crippen LogP contribution is 2.32. The molecule has 5 nitrogen and oxygen atoms in total. The Morgan fingerprint density at radius 3 is 2.36 bits per heavy atom. The van der Waals surface area contributed by atoms with Gasteiger partial charge in [-0.15, -0.1) is 0 Å². The minimum atomic E-state index is -4.00. The fourth-order valence-corrected chi connectivity index (χ4v) is 4.92. The second-order valence-corrected chi connectivity index (χ2v) is 10.2. The summed E-state index contributed by atoms with van der Waals surface area (Å²) in [5.41, 5.74) is 1.79. The van der Waals surface area contributed by atoms with Crippen molar-refractivity contribution < 1.29 is 18.0 Å². The number of allylic oxidation sites excluding steroid dienone is 6. The van der Waals surface area contributed by atoms with Gasteiger partial charge in [-0.25, -0.2) is 8.42 Å². The number of halogens is 1. The molecule has 1 aliphatic carbocycles. The number of hydrogen-bond donors (Lipinski definition) is 1. The number of ketones is 2. The third-order valence-corrected chi connectivity index (χ3v) is 7.02. The Hall–Kier alpha value is -2.96. The van der Waals surface area contributed by atoms with Gasteiger partial charge in [0.1, 0.15) is 0 Å². The maximum atomic E-state index is 13.3. The highest BCUT2D eigenvalue weighted by molar-refractivity contribution is 7.92. The van der Waals surface area contributed by atoms with Crippen molar-refractivity contribution >= 4 is 38.9 Å². The van der Waals surface area contributed by atoms with Crippen LogP contribution in [0, 0.1) is 0 Å². The van der Waals surface area contributed by atoms with Crippen molar-refractivity contribution in [1.82, 2.24) is 0 Å². The van der Waals surface area contributed by atoms with E-state index in [1.54, 1.807) is 12.1 Å². The van der Waals surface area contributed by atoms with Crippen molar-refractivity contribution in [2.24, 2.45) is 0 Å². The summed E-state index contributed by atoms with van der Waals surface area (Å²) in [6.07, 6.45) is 10.1. The second-order valence-electron chi connectivity index (χ2n) is 8.13.